The van der Waals surface area contributed by atoms with Crippen LogP contribution in [0.2, 0.25) is 0 Å². The Morgan fingerprint density at radius 2 is 2.20 bits per heavy atom. The first-order valence-electron chi connectivity index (χ1n) is 3.10. The normalized spacial score (nSPS) is 16.3. The molecule has 2 atom stereocenters. The second kappa shape index (κ2) is 4.52. The minimum absolute atomic E-state index is 0.0230. The van der Waals surface area contributed by atoms with Crippen LogP contribution in [0.15, 0.2) is 0 Å². The molecule has 0 aliphatic carbocycles. The third kappa shape index (κ3) is 2.54. The fourth-order valence-electron chi connectivity index (χ4n) is 0.719. The highest BCUT2D eigenvalue weighted by molar-refractivity contribution is 6.18. The van der Waals surface area contributed by atoms with E-state index in [9.17, 15) is 4.79 Å². The van der Waals surface area contributed by atoms with Gasteiger partial charge in [0, 0.05) is 5.88 Å². The van der Waals surface area contributed by atoms with E-state index in [0.717, 1.165) is 0 Å². The van der Waals surface area contributed by atoms with Crippen molar-refractivity contribution in [2.45, 2.75) is 19.4 Å². The average molecular weight is 167 g/mol. The molecular formula is C6H11ClO3. The van der Waals surface area contributed by atoms with Crippen LogP contribution in [-0.2, 0) is 4.79 Å². The summed E-state index contributed by atoms with van der Waals surface area (Å²) in [5.41, 5.74) is 0. The highest BCUT2D eigenvalue weighted by Gasteiger charge is 2.23. The van der Waals surface area contributed by atoms with Crippen LogP contribution < -0.4 is 0 Å². The lowest BCUT2D eigenvalue weighted by molar-refractivity contribution is -0.145. The molecule has 0 radical (unpaired) electrons. The van der Waals surface area contributed by atoms with Gasteiger partial charge in [-0.1, -0.05) is 6.92 Å². The minimum atomic E-state index is -0.990. The van der Waals surface area contributed by atoms with E-state index in [4.69, 9.17) is 21.8 Å². The molecule has 0 saturated heterocycles. The Bertz CT molecular complexity index is 116. The largest absolute Gasteiger partial charge is 0.481 e. The second-order valence-electron chi connectivity index (χ2n) is 2.07. The van der Waals surface area contributed by atoms with Crippen molar-refractivity contribution in [2.75, 3.05) is 5.88 Å². The molecule has 2 N–H and O–H groups in total. The van der Waals surface area contributed by atoms with E-state index in [0.29, 0.717) is 6.42 Å². The molecule has 0 aliphatic heterocycles. The first kappa shape index (κ1) is 9.72. The zero-order valence-electron chi connectivity index (χ0n) is 5.75. The maximum atomic E-state index is 10.3. The monoisotopic (exact) mass is 166 g/mol. The average Bonchev–Trinajstić information content (AvgIpc) is 1.88. The summed E-state index contributed by atoms with van der Waals surface area (Å²) in [6, 6.07) is 0. The quantitative estimate of drug-likeness (QED) is 0.605. The van der Waals surface area contributed by atoms with E-state index in [2.05, 4.69) is 0 Å². The molecule has 0 bridgehead atoms. The van der Waals surface area contributed by atoms with Crippen molar-refractivity contribution in [1.82, 2.24) is 0 Å². The molecule has 0 aromatic carbocycles. The predicted molar refractivity (Wildman–Crippen MR) is 38.1 cm³/mol. The Morgan fingerprint density at radius 1 is 1.70 bits per heavy atom. The van der Waals surface area contributed by atoms with Crippen LogP contribution in [0.5, 0.6) is 0 Å². The molecule has 4 heteroatoms. The number of aliphatic carboxylic acids is 1. The predicted octanol–water partition coefficient (Wildman–Crippen LogP) is 0.697. The molecule has 0 aromatic rings. The van der Waals surface area contributed by atoms with Gasteiger partial charge >= 0.3 is 5.97 Å². The van der Waals surface area contributed by atoms with Crippen molar-refractivity contribution in [1.29, 1.82) is 0 Å². The topological polar surface area (TPSA) is 57.5 Å². The molecule has 0 saturated carbocycles. The van der Waals surface area contributed by atoms with E-state index < -0.39 is 18.0 Å². The van der Waals surface area contributed by atoms with Crippen molar-refractivity contribution < 1.29 is 15.0 Å². The highest BCUT2D eigenvalue weighted by atomic mass is 35.5. The molecule has 0 aromatic heterocycles. The smallest absolute Gasteiger partial charge is 0.309 e. The van der Waals surface area contributed by atoms with Crippen LogP contribution in [0.4, 0.5) is 0 Å². The number of hydrogen-bond donors (Lipinski definition) is 2. The molecule has 0 amide bonds. The molecule has 10 heavy (non-hydrogen) atoms. The summed E-state index contributed by atoms with van der Waals surface area (Å²) < 4.78 is 0. The van der Waals surface area contributed by atoms with Gasteiger partial charge in [-0.3, -0.25) is 4.79 Å². The third-order valence-corrected chi connectivity index (χ3v) is 1.70. The van der Waals surface area contributed by atoms with Gasteiger partial charge < -0.3 is 10.2 Å². The molecule has 0 fully saturated rings. The summed E-state index contributed by atoms with van der Waals surface area (Å²) in [4.78, 5) is 10.3. The fourth-order valence-corrected chi connectivity index (χ4v) is 0.934. The van der Waals surface area contributed by atoms with Crippen molar-refractivity contribution >= 4 is 17.6 Å². The van der Waals surface area contributed by atoms with Gasteiger partial charge in [0.15, 0.2) is 0 Å². The number of halogens is 1. The van der Waals surface area contributed by atoms with Crippen LogP contribution in [0, 0.1) is 5.92 Å². The Morgan fingerprint density at radius 3 is 2.30 bits per heavy atom. The van der Waals surface area contributed by atoms with Gasteiger partial charge in [-0.05, 0) is 6.42 Å². The zero-order valence-corrected chi connectivity index (χ0v) is 6.51. The van der Waals surface area contributed by atoms with Crippen molar-refractivity contribution in [3.63, 3.8) is 0 Å². The summed E-state index contributed by atoms with van der Waals surface area (Å²) in [6.45, 7) is 1.70. The lowest BCUT2D eigenvalue weighted by Crippen LogP contribution is -2.28. The zero-order chi connectivity index (χ0) is 8.15. The van der Waals surface area contributed by atoms with E-state index in [1.807, 2.05) is 0 Å². The molecule has 0 rings (SSSR count). The maximum Gasteiger partial charge on any atom is 0.309 e. The Labute approximate surface area is 64.6 Å². The Balaban J connectivity index is 3.92. The summed E-state index contributed by atoms with van der Waals surface area (Å²) >= 11 is 5.26. The highest BCUT2D eigenvalue weighted by Crippen LogP contribution is 2.09. The second-order valence-corrected chi connectivity index (χ2v) is 2.38. The molecule has 0 heterocycles. The van der Waals surface area contributed by atoms with Gasteiger partial charge in [0.2, 0.25) is 0 Å². The van der Waals surface area contributed by atoms with Gasteiger partial charge in [0.05, 0.1) is 12.0 Å². The van der Waals surface area contributed by atoms with Gasteiger partial charge in [-0.15, -0.1) is 11.6 Å². The lowest BCUT2D eigenvalue weighted by atomic mass is 10.0. The van der Waals surface area contributed by atoms with Gasteiger partial charge in [0.25, 0.3) is 0 Å². The van der Waals surface area contributed by atoms with Crippen LogP contribution in [-0.4, -0.2) is 28.2 Å². The number of alkyl halides is 1. The number of carboxylic acid groups (broad SMARTS) is 1. The number of carbonyl (C=O) groups is 1. The van der Waals surface area contributed by atoms with E-state index in [1.54, 1.807) is 6.92 Å². The summed E-state index contributed by atoms with van der Waals surface area (Å²) in [7, 11) is 0. The van der Waals surface area contributed by atoms with E-state index in [-0.39, 0.29) is 5.88 Å². The van der Waals surface area contributed by atoms with Crippen LogP contribution >= 0.6 is 11.6 Å². The Kier molecular flexibility index (Phi) is 4.40. The molecular weight excluding hydrogens is 156 g/mol. The molecule has 0 spiro atoms. The van der Waals surface area contributed by atoms with Crippen LogP contribution in [0.3, 0.4) is 0 Å². The molecule has 2 unspecified atom stereocenters. The standard InChI is InChI=1S/C6H11ClO3/c1-2-4(6(9)10)5(8)3-7/h4-5,8H,2-3H2,1H3,(H,9,10). The van der Waals surface area contributed by atoms with E-state index in [1.165, 1.54) is 0 Å². The number of aliphatic hydroxyl groups excluding tert-OH is 1. The van der Waals surface area contributed by atoms with E-state index >= 15 is 0 Å². The summed E-state index contributed by atoms with van der Waals surface area (Å²) in [6.07, 6.45) is -0.521. The van der Waals surface area contributed by atoms with Gasteiger partial charge in [0.1, 0.15) is 0 Å². The fraction of sp³-hybridized carbons (Fsp3) is 0.833. The minimum Gasteiger partial charge on any atom is -0.481 e. The van der Waals surface area contributed by atoms with Crippen molar-refractivity contribution in [3.05, 3.63) is 0 Å². The number of carboxylic acids is 1. The van der Waals surface area contributed by atoms with Crippen molar-refractivity contribution in [2.24, 2.45) is 5.92 Å². The summed E-state index contributed by atoms with van der Waals surface area (Å²) in [5.74, 6) is -1.74. The van der Waals surface area contributed by atoms with Gasteiger partial charge in [-0.25, -0.2) is 0 Å². The van der Waals surface area contributed by atoms with Crippen LogP contribution in [0.25, 0.3) is 0 Å². The van der Waals surface area contributed by atoms with Crippen LogP contribution in [0.1, 0.15) is 13.3 Å². The lowest BCUT2D eigenvalue weighted by Gasteiger charge is -2.13. The number of hydrogen-bond acceptors (Lipinski definition) is 2. The number of rotatable bonds is 4. The SMILES string of the molecule is CCC(C(=O)O)C(O)CCl. The molecule has 60 valence electrons. The first-order chi connectivity index (χ1) is 4.63. The Hall–Kier alpha value is -0.280. The molecule has 0 aliphatic rings. The van der Waals surface area contributed by atoms with Gasteiger partial charge in [-0.2, -0.15) is 0 Å². The van der Waals surface area contributed by atoms with Crippen molar-refractivity contribution in [3.8, 4) is 0 Å². The third-order valence-electron chi connectivity index (χ3n) is 1.38. The summed E-state index contributed by atoms with van der Waals surface area (Å²) in [5, 5.41) is 17.4. The number of aliphatic hydroxyl groups is 1. The maximum absolute atomic E-state index is 10.3. The first-order valence-corrected chi connectivity index (χ1v) is 3.63. The molecule has 3 nitrogen and oxygen atoms in total.